The lowest BCUT2D eigenvalue weighted by atomic mass is 9.92. The lowest BCUT2D eigenvalue weighted by Gasteiger charge is -2.32. The highest BCUT2D eigenvalue weighted by molar-refractivity contribution is 5.94. The van der Waals surface area contributed by atoms with Crippen LogP contribution >= 0.6 is 0 Å². The maximum absolute atomic E-state index is 11.9. The molecule has 0 spiro atoms. The van der Waals surface area contributed by atoms with Crippen molar-refractivity contribution >= 4 is 11.9 Å². The number of carbonyl (C=O) groups excluding carboxylic acids is 1. The molecule has 0 aromatic heterocycles. The van der Waals surface area contributed by atoms with Crippen LogP contribution in [0, 0.1) is 6.92 Å². The van der Waals surface area contributed by atoms with Crippen LogP contribution in [0.2, 0.25) is 0 Å². The quantitative estimate of drug-likeness (QED) is 0.596. The van der Waals surface area contributed by atoms with Crippen molar-refractivity contribution in [3.63, 3.8) is 0 Å². The fourth-order valence-corrected chi connectivity index (χ4v) is 3.09. The van der Waals surface area contributed by atoms with Crippen LogP contribution in [-0.4, -0.2) is 11.4 Å². The van der Waals surface area contributed by atoms with Gasteiger partial charge in [-0.1, -0.05) is 36.9 Å². The average Bonchev–Trinajstić information content (AvgIpc) is 2.64. The van der Waals surface area contributed by atoms with E-state index in [0.717, 1.165) is 28.2 Å². The van der Waals surface area contributed by atoms with E-state index in [1.54, 1.807) is 6.92 Å². The van der Waals surface area contributed by atoms with Gasteiger partial charge in [-0.25, -0.2) is 0 Å². The summed E-state index contributed by atoms with van der Waals surface area (Å²) in [4.78, 5) is 11.9. The zero-order chi connectivity index (χ0) is 19.4. The second kappa shape index (κ2) is 7.83. The Balaban J connectivity index is 1.77. The molecule has 0 amide bonds. The number of Topliss-reactive ketones (excluding diaryl/α,β-unsaturated/α-hetero) is 1. The fourth-order valence-electron chi connectivity index (χ4n) is 3.09. The molecule has 1 aliphatic rings. The standard InChI is InChI=1S/C24H26O3/c1-17(2)21(25)11-13-24(4)12-10-20-22(14-18(3)15-23(20)27-24)26-16-19-8-6-5-7-9-19/h5-10,12,14-15H,1,11,13,16H2,2-4H3. The molecule has 1 unspecified atom stereocenters. The number of hydrogen-bond donors (Lipinski definition) is 0. The zero-order valence-corrected chi connectivity index (χ0v) is 16.2. The Bertz CT molecular complexity index is 880. The van der Waals surface area contributed by atoms with Crippen LogP contribution in [0.4, 0.5) is 0 Å². The highest BCUT2D eigenvalue weighted by Crippen LogP contribution is 2.39. The van der Waals surface area contributed by atoms with Gasteiger partial charge in [-0.2, -0.15) is 0 Å². The van der Waals surface area contributed by atoms with Crippen molar-refractivity contribution in [1.82, 2.24) is 0 Å². The third kappa shape index (κ3) is 4.68. The number of ketones is 1. The fraction of sp³-hybridized carbons (Fsp3) is 0.292. The molecule has 3 rings (SSSR count). The number of rotatable bonds is 7. The molecule has 140 valence electrons. The van der Waals surface area contributed by atoms with Gasteiger partial charge in [0.05, 0.1) is 5.56 Å². The SMILES string of the molecule is C=C(C)C(=O)CCC1(C)C=Cc2c(OCc3ccccc3)cc(C)cc2O1. The molecular formula is C24H26O3. The molecule has 3 nitrogen and oxygen atoms in total. The molecule has 1 aliphatic heterocycles. The van der Waals surface area contributed by atoms with Crippen molar-refractivity contribution in [3.8, 4) is 11.5 Å². The maximum Gasteiger partial charge on any atom is 0.158 e. The molecule has 1 atom stereocenters. The number of allylic oxidation sites excluding steroid dienone is 1. The molecule has 0 radical (unpaired) electrons. The van der Waals surface area contributed by atoms with E-state index in [0.29, 0.717) is 25.0 Å². The molecule has 1 heterocycles. The Labute approximate surface area is 161 Å². The third-order valence-corrected chi connectivity index (χ3v) is 4.76. The van der Waals surface area contributed by atoms with Crippen LogP contribution in [-0.2, 0) is 11.4 Å². The first-order valence-corrected chi connectivity index (χ1v) is 9.25. The van der Waals surface area contributed by atoms with E-state index in [9.17, 15) is 4.79 Å². The van der Waals surface area contributed by atoms with E-state index in [1.165, 1.54) is 0 Å². The van der Waals surface area contributed by atoms with Crippen LogP contribution in [0.3, 0.4) is 0 Å². The van der Waals surface area contributed by atoms with E-state index >= 15 is 0 Å². The lowest BCUT2D eigenvalue weighted by Crippen LogP contribution is -2.32. The van der Waals surface area contributed by atoms with Gasteiger partial charge in [0.2, 0.25) is 0 Å². The molecule has 0 saturated carbocycles. The van der Waals surface area contributed by atoms with E-state index in [-0.39, 0.29) is 5.78 Å². The van der Waals surface area contributed by atoms with Gasteiger partial charge in [0.25, 0.3) is 0 Å². The molecule has 0 fully saturated rings. The zero-order valence-electron chi connectivity index (χ0n) is 16.2. The summed E-state index contributed by atoms with van der Waals surface area (Å²) in [6.07, 6.45) is 5.10. The van der Waals surface area contributed by atoms with Gasteiger partial charge in [-0.05, 0) is 68.2 Å². The average molecular weight is 362 g/mol. The Morgan fingerprint density at radius 3 is 2.67 bits per heavy atom. The second-order valence-electron chi connectivity index (χ2n) is 7.40. The van der Waals surface area contributed by atoms with E-state index in [2.05, 4.69) is 6.58 Å². The summed E-state index contributed by atoms with van der Waals surface area (Å²) in [6, 6.07) is 14.1. The predicted molar refractivity (Wildman–Crippen MR) is 109 cm³/mol. The van der Waals surface area contributed by atoms with Gasteiger partial charge < -0.3 is 9.47 Å². The van der Waals surface area contributed by atoms with Crippen LogP contribution in [0.15, 0.2) is 60.7 Å². The maximum atomic E-state index is 11.9. The molecule has 3 heteroatoms. The van der Waals surface area contributed by atoms with Crippen molar-refractivity contribution in [2.45, 2.75) is 45.8 Å². The largest absolute Gasteiger partial charge is 0.488 e. The third-order valence-electron chi connectivity index (χ3n) is 4.76. The van der Waals surface area contributed by atoms with Gasteiger partial charge in [-0.15, -0.1) is 0 Å². The van der Waals surface area contributed by atoms with Crippen molar-refractivity contribution in [2.75, 3.05) is 0 Å². The van der Waals surface area contributed by atoms with Gasteiger partial charge in [-0.3, -0.25) is 4.79 Å². The highest BCUT2D eigenvalue weighted by Gasteiger charge is 2.29. The minimum Gasteiger partial charge on any atom is -0.488 e. The molecule has 2 aromatic carbocycles. The summed E-state index contributed by atoms with van der Waals surface area (Å²) in [7, 11) is 0. The molecular weight excluding hydrogens is 336 g/mol. The van der Waals surface area contributed by atoms with E-state index in [4.69, 9.17) is 9.47 Å². The van der Waals surface area contributed by atoms with E-state index < -0.39 is 5.60 Å². The number of benzene rings is 2. The van der Waals surface area contributed by atoms with Gasteiger partial charge in [0.15, 0.2) is 5.78 Å². The van der Waals surface area contributed by atoms with Crippen molar-refractivity contribution < 1.29 is 14.3 Å². The molecule has 0 aliphatic carbocycles. The van der Waals surface area contributed by atoms with E-state index in [1.807, 2.05) is 68.5 Å². The number of carbonyl (C=O) groups is 1. The van der Waals surface area contributed by atoms with Crippen LogP contribution in [0.25, 0.3) is 6.08 Å². The summed E-state index contributed by atoms with van der Waals surface area (Å²) in [5.41, 5.74) is 3.22. The minimum atomic E-state index is -0.511. The Morgan fingerprint density at radius 1 is 1.22 bits per heavy atom. The molecule has 2 aromatic rings. The molecule has 0 N–H and O–H groups in total. The lowest BCUT2D eigenvalue weighted by molar-refractivity contribution is -0.116. The number of ether oxygens (including phenoxy) is 2. The predicted octanol–water partition coefficient (Wildman–Crippen LogP) is 5.66. The minimum absolute atomic E-state index is 0.0788. The van der Waals surface area contributed by atoms with Crippen LogP contribution in [0.5, 0.6) is 11.5 Å². The number of hydrogen-bond acceptors (Lipinski definition) is 3. The molecule has 0 bridgehead atoms. The highest BCUT2D eigenvalue weighted by atomic mass is 16.5. The molecule has 0 saturated heterocycles. The van der Waals surface area contributed by atoms with Crippen LogP contribution in [0.1, 0.15) is 43.4 Å². The summed E-state index contributed by atoms with van der Waals surface area (Å²) in [6.45, 7) is 10.0. The Morgan fingerprint density at radius 2 is 1.96 bits per heavy atom. The summed E-state index contributed by atoms with van der Waals surface area (Å²) < 4.78 is 12.3. The first-order chi connectivity index (χ1) is 12.9. The van der Waals surface area contributed by atoms with Crippen molar-refractivity contribution in [1.29, 1.82) is 0 Å². The van der Waals surface area contributed by atoms with Gasteiger partial charge in [0, 0.05) is 6.42 Å². The molecule has 27 heavy (non-hydrogen) atoms. The van der Waals surface area contributed by atoms with Gasteiger partial charge in [0.1, 0.15) is 23.7 Å². The first-order valence-electron chi connectivity index (χ1n) is 9.25. The van der Waals surface area contributed by atoms with Crippen molar-refractivity contribution in [3.05, 3.63) is 77.4 Å². The van der Waals surface area contributed by atoms with Crippen LogP contribution < -0.4 is 9.47 Å². The first kappa shape index (κ1) is 19.0. The summed E-state index contributed by atoms with van der Waals surface area (Å²) >= 11 is 0. The monoisotopic (exact) mass is 362 g/mol. The normalized spacial score (nSPS) is 17.7. The van der Waals surface area contributed by atoms with Gasteiger partial charge >= 0.3 is 0 Å². The Hall–Kier alpha value is -2.81. The number of aryl methyl sites for hydroxylation is 1. The second-order valence-corrected chi connectivity index (χ2v) is 7.40. The Kier molecular flexibility index (Phi) is 5.50. The van der Waals surface area contributed by atoms with Crippen molar-refractivity contribution in [2.24, 2.45) is 0 Å². The summed E-state index contributed by atoms with van der Waals surface area (Å²) in [5, 5.41) is 0. The smallest absolute Gasteiger partial charge is 0.158 e. The number of fused-ring (bicyclic) bond motifs is 1. The topological polar surface area (TPSA) is 35.5 Å². The summed E-state index contributed by atoms with van der Waals surface area (Å²) in [5.74, 6) is 1.69.